The predicted molar refractivity (Wildman–Crippen MR) is 152 cm³/mol. The van der Waals surface area contributed by atoms with Gasteiger partial charge in [-0.3, -0.25) is 18.7 Å². The van der Waals surface area contributed by atoms with Crippen molar-refractivity contribution in [2.24, 2.45) is 5.18 Å². The second kappa shape index (κ2) is 16.2. The number of thiophene rings is 1. The minimum absolute atomic E-state index is 0.0312. The summed E-state index contributed by atoms with van der Waals surface area (Å²) in [6.07, 6.45) is 2.27. The Morgan fingerprint density at radius 3 is 2.39 bits per heavy atom. The Labute approximate surface area is 233 Å². The van der Waals surface area contributed by atoms with Crippen LogP contribution in [0.1, 0.15) is 37.8 Å². The quantitative estimate of drug-likeness (QED) is 0.268. The molecule has 12 heteroatoms. The van der Waals surface area contributed by atoms with Crippen LogP contribution in [0, 0.1) is 11.8 Å². The van der Waals surface area contributed by atoms with Crippen LogP contribution >= 0.6 is 27.3 Å². The Kier molecular flexibility index (Phi) is 13.4. The van der Waals surface area contributed by atoms with Crippen LogP contribution < -0.4 is 16.0 Å². The first-order valence-corrected chi connectivity index (χ1v) is 13.9. The van der Waals surface area contributed by atoms with Gasteiger partial charge in [-0.25, -0.2) is 4.79 Å². The number of rotatable bonds is 8. The van der Waals surface area contributed by atoms with Gasteiger partial charge in [0.1, 0.15) is 10.6 Å². The van der Waals surface area contributed by atoms with Gasteiger partial charge in [0, 0.05) is 26.3 Å². The van der Waals surface area contributed by atoms with Gasteiger partial charge in [-0.1, -0.05) is 23.4 Å². The molecular weight excluding hydrogens is 578 g/mol. The van der Waals surface area contributed by atoms with Crippen molar-refractivity contribution >= 4 is 44.0 Å². The number of aryl methyl sites for hydroxylation is 3. The van der Waals surface area contributed by atoms with Gasteiger partial charge in [0.2, 0.25) is 0 Å². The highest BCUT2D eigenvalue weighted by Gasteiger charge is 2.18. The number of ether oxygens (including phenoxy) is 3. The van der Waals surface area contributed by atoms with Crippen molar-refractivity contribution in [1.29, 1.82) is 0 Å². The summed E-state index contributed by atoms with van der Waals surface area (Å²) in [5.41, 5.74) is 1.45. The molecule has 1 fully saturated rings. The summed E-state index contributed by atoms with van der Waals surface area (Å²) in [6.45, 7) is 8.64. The van der Waals surface area contributed by atoms with Crippen molar-refractivity contribution in [3.8, 4) is 5.75 Å². The monoisotopic (exact) mass is 611 g/mol. The van der Waals surface area contributed by atoms with Crippen LogP contribution in [-0.4, -0.2) is 48.6 Å². The van der Waals surface area contributed by atoms with Gasteiger partial charge in [0.15, 0.2) is 0 Å². The lowest BCUT2D eigenvalue weighted by Gasteiger charge is -2.14. The number of aromatic nitrogens is 2. The lowest BCUT2D eigenvalue weighted by atomic mass is 10.1. The van der Waals surface area contributed by atoms with Gasteiger partial charge >= 0.3 is 5.69 Å². The summed E-state index contributed by atoms with van der Waals surface area (Å²) in [5, 5.41) is 3.54. The van der Waals surface area contributed by atoms with E-state index < -0.39 is 0 Å². The van der Waals surface area contributed by atoms with Gasteiger partial charge in [0.25, 0.3) is 12.0 Å². The number of fused-ring (bicyclic) bond motifs is 1. The zero-order chi connectivity index (χ0) is 28.1. The maximum Gasteiger partial charge on any atom is 0.332 e. The molecule has 0 N–H and O–H groups in total. The second-order valence-electron chi connectivity index (χ2n) is 8.23. The minimum atomic E-state index is -0.261. The molecule has 0 spiro atoms. The summed E-state index contributed by atoms with van der Waals surface area (Å²) in [6, 6.07) is 7.81. The van der Waals surface area contributed by atoms with Gasteiger partial charge in [0.05, 0.1) is 28.9 Å². The van der Waals surface area contributed by atoms with Crippen molar-refractivity contribution < 1.29 is 19.0 Å². The average molecular weight is 613 g/mol. The molecular formula is C26H34BrN3O7S. The molecule has 0 atom stereocenters. The number of hydrogen-bond acceptors (Lipinski definition) is 9. The first-order chi connectivity index (χ1) is 18.3. The largest absolute Gasteiger partial charge is 0.496 e. The molecule has 38 heavy (non-hydrogen) atoms. The average Bonchev–Trinajstić information content (AvgIpc) is 3.24. The lowest BCUT2D eigenvalue weighted by Crippen LogP contribution is -2.39. The van der Waals surface area contributed by atoms with Crippen molar-refractivity contribution in [3.05, 3.63) is 64.9 Å². The van der Waals surface area contributed by atoms with Crippen LogP contribution in [0.3, 0.4) is 0 Å². The van der Waals surface area contributed by atoms with Crippen molar-refractivity contribution in [2.45, 2.75) is 59.2 Å². The lowest BCUT2D eigenvalue weighted by molar-refractivity contribution is -0.128. The summed E-state index contributed by atoms with van der Waals surface area (Å²) in [7, 11) is 1.64. The summed E-state index contributed by atoms with van der Waals surface area (Å²) in [5.74, 6) is 0.805. The predicted octanol–water partition coefficient (Wildman–Crippen LogP) is 4.68. The van der Waals surface area contributed by atoms with E-state index in [4.69, 9.17) is 9.47 Å². The molecule has 0 amide bonds. The van der Waals surface area contributed by atoms with Crippen molar-refractivity contribution in [1.82, 2.24) is 9.13 Å². The number of halogens is 1. The topological polar surface area (TPSA) is 118 Å². The maximum absolute atomic E-state index is 12.8. The standard InChI is InChI=1S/C18H19BrN2O3S.C5H9NO2.C3H6O2/c1-4-20-16(22)14-11(2)15(19)25-17(14)21(18(20)23)10-9-12-7-5-6-8-13(12)24-3;7-6-5-1-3-8-4-2-5;1-2-5-3-4/h5-8H,4,9-10H2,1-3H3;5H,1-4H2;3H,2H2,1H3. The molecule has 1 aromatic carbocycles. The fraction of sp³-hybridized carbons (Fsp3) is 0.500. The third-order valence-electron chi connectivity index (χ3n) is 5.92. The molecule has 208 valence electrons. The van der Waals surface area contributed by atoms with E-state index in [0.717, 1.165) is 38.3 Å². The Bertz CT molecular complexity index is 1310. The molecule has 10 nitrogen and oxygen atoms in total. The van der Waals surface area contributed by atoms with Crippen molar-refractivity contribution in [2.75, 3.05) is 26.9 Å². The van der Waals surface area contributed by atoms with Gasteiger partial charge in [-0.2, -0.15) is 4.91 Å². The number of para-hydroxylation sites is 1. The second-order valence-corrected chi connectivity index (χ2v) is 10.5. The zero-order valence-corrected chi connectivity index (χ0v) is 24.5. The summed E-state index contributed by atoms with van der Waals surface area (Å²) in [4.78, 5) is 45.2. The van der Waals surface area contributed by atoms with Crippen molar-refractivity contribution in [3.63, 3.8) is 0 Å². The summed E-state index contributed by atoms with van der Waals surface area (Å²) >= 11 is 4.93. The summed E-state index contributed by atoms with van der Waals surface area (Å²) < 4.78 is 18.4. The highest BCUT2D eigenvalue weighted by atomic mass is 79.9. The van der Waals surface area contributed by atoms with E-state index in [1.165, 1.54) is 15.9 Å². The van der Waals surface area contributed by atoms with Crippen LogP contribution in [0.15, 0.2) is 42.8 Å². The van der Waals surface area contributed by atoms with E-state index in [2.05, 4.69) is 25.8 Å². The van der Waals surface area contributed by atoms with Gasteiger partial charge in [-0.05, 0) is 73.2 Å². The van der Waals surface area contributed by atoms with E-state index >= 15 is 0 Å². The molecule has 3 heterocycles. The van der Waals surface area contributed by atoms with E-state index in [1.54, 1.807) is 18.6 Å². The zero-order valence-electron chi connectivity index (χ0n) is 22.1. The normalized spacial score (nSPS) is 13.1. The van der Waals surface area contributed by atoms with Crippen LogP contribution in [0.5, 0.6) is 5.75 Å². The van der Waals surface area contributed by atoms with Crippen LogP contribution in [-0.2, 0) is 33.8 Å². The molecule has 1 aliphatic heterocycles. The number of carbonyl (C=O) groups is 1. The SMILES string of the molecule is CCOC=O.CCn1c(=O)c2c(C)c(Br)sc2n(CCc2ccccc2OC)c1=O.O=NC1CCOCC1. The molecule has 2 aromatic heterocycles. The number of hydrogen-bond donors (Lipinski definition) is 0. The molecule has 4 rings (SSSR count). The number of methoxy groups -OCH3 is 1. The van der Waals surface area contributed by atoms with Crippen LogP contribution in [0.4, 0.5) is 0 Å². The number of carbonyl (C=O) groups excluding carboxylic acids is 1. The molecule has 3 aromatic rings. The van der Waals surface area contributed by atoms with E-state index in [-0.39, 0.29) is 17.3 Å². The molecule has 0 unspecified atom stereocenters. The van der Waals surface area contributed by atoms with Crippen LogP contribution in [0.25, 0.3) is 10.2 Å². The number of benzene rings is 1. The Morgan fingerprint density at radius 2 is 1.87 bits per heavy atom. The van der Waals surface area contributed by atoms with Gasteiger partial charge < -0.3 is 14.2 Å². The van der Waals surface area contributed by atoms with Crippen LogP contribution in [0.2, 0.25) is 0 Å². The van der Waals surface area contributed by atoms with E-state index in [0.29, 0.717) is 51.2 Å². The molecule has 0 bridgehead atoms. The highest BCUT2D eigenvalue weighted by Crippen LogP contribution is 2.32. The fourth-order valence-corrected chi connectivity index (χ4v) is 5.55. The first kappa shape index (κ1) is 31.4. The maximum atomic E-state index is 12.8. The Hall–Kier alpha value is -2.83. The molecule has 0 radical (unpaired) electrons. The van der Waals surface area contributed by atoms with E-state index in [1.807, 2.05) is 38.1 Å². The number of nitroso groups, excluding NO2 is 1. The smallest absolute Gasteiger partial charge is 0.332 e. The third-order valence-corrected chi connectivity index (χ3v) is 8.11. The Morgan fingerprint density at radius 1 is 1.18 bits per heavy atom. The Balaban J connectivity index is 0.000000320. The highest BCUT2D eigenvalue weighted by molar-refractivity contribution is 9.11. The third kappa shape index (κ3) is 8.08. The number of nitrogens with zero attached hydrogens (tertiary/aromatic N) is 3. The van der Waals surface area contributed by atoms with E-state index in [9.17, 15) is 19.3 Å². The molecule has 0 aliphatic carbocycles. The first-order valence-electron chi connectivity index (χ1n) is 12.3. The molecule has 0 saturated carbocycles. The minimum Gasteiger partial charge on any atom is -0.496 e. The fourth-order valence-electron chi connectivity index (χ4n) is 3.84. The molecule has 1 saturated heterocycles. The molecule has 1 aliphatic rings. The van der Waals surface area contributed by atoms with Gasteiger partial charge in [-0.15, -0.1) is 11.3 Å².